The van der Waals surface area contributed by atoms with Crippen molar-refractivity contribution in [1.29, 1.82) is 0 Å². The molecule has 15 heteroatoms. The lowest BCUT2D eigenvalue weighted by atomic mass is 9.81. The lowest BCUT2D eigenvalue weighted by molar-refractivity contribution is -0.147. The number of benzene rings is 4. The van der Waals surface area contributed by atoms with Gasteiger partial charge >= 0.3 is 0 Å². The average Bonchev–Trinajstić information content (AvgIpc) is 3.63. The van der Waals surface area contributed by atoms with Crippen LogP contribution in [0.25, 0.3) is 11.3 Å². The van der Waals surface area contributed by atoms with Crippen LogP contribution in [0.2, 0.25) is 10.0 Å². The second-order valence-electron chi connectivity index (χ2n) is 17.2. The summed E-state index contributed by atoms with van der Waals surface area (Å²) in [7, 11) is 5.97. The highest BCUT2D eigenvalue weighted by atomic mass is 35.5. The summed E-state index contributed by atoms with van der Waals surface area (Å²) < 4.78 is 8.49. The Balaban J connectivity index is 1.20. The van der Waals surface area contributed by atoms with E-state index in [4.69, 9.17) is 27.9 Å². The predicted molar refractivity (Wildman–Crippen MR) is 247 cm³/mol. The molecule has 0 spiro atoms. The van der Waals surface area contributed by atoms with Gasteiger partial charge in [0.1, 0.15) is 29.4 Å². The largest absolute Gasteiger partial charge is 0.457 e. The number of hydrogen-bond acceptors (Lipinski definition) is 8. The Bertz CT molecular complexity index is 2450. The van der Waals surface area contributed by atoms with Crippen LogP contribution in [0.4, 0.5) is 0 Å². The van der Waals surface area contributed by atoms with E-state index in [1.165, 1.54) is 4.90 Å². The Labute approximate surface area is 384 Å². The highest BCUT2D eigenvalue weighted by molar-refractivity contribution is 6.31. The Morgan fingerprint density at radius 1 is 0.906 bits per heavy atom. The molecule has 4 amide bonds. The lowest BCUT2D eigenvalue weighted by Crippen LogP contribution is -2.65. The number of aromatic nitrogens is 2. The summed E-state index contributed by atoms with van der Waals surface area (Å²) in [6, 6.07) is 27.0. The average molecular weight is 909 g/mol. The van der Waals surface area contributed by atoms with Gasteiger partial charge in [-0.15, -0.1) is 0 Å². The molecular formula is C49H55Cl2N7O6. The number of carbonyl (C=O) groups excluding carboxylic acids is 4. The fourth-order valence-corrected chi connectivity index (χ4v) is 8.94. The zero-order valence-corrected chi connectivity index (χ0v) is 38.1. The predicted octanol–water partition coefficient (Wildman–Crippen LogP) is 6.42. The summed E-state index contributed by atoms with van der Waals surface area (Å²) in [4.78, 5) is 67.9. The molecule has 2 fully saturated rings. The molecule has 2 aliphatic heterocycles. The molecule has 5 aromatic rings. The number of halogens is 2. The molecule has 0 aliphatic carbocycles. The number of piperidine rings is 1. The number of amides is 4. The Kier molecular flexibility index (Phi) is 14.8. The van der Waals surface area contributed by atoms with Crippen LogP contribution in [0.5, 0.6) is 11.5 Å². The van der Waals surface area contributed by atoms with Gasteiger partial charge in [-0.1, -0.05) is 71.7 Å². The highest BCUT2D eigenvalue weighted by Gasteiger charge is 2.43. The van der Waals surface area contributed by atoms with E-state index >= 15 is 0 Å². The maximum Gasteiger partial charge on any atom is 0.245 e. The van der Waals surface area contributed by atoms with Crippen LogP contribution >= 0.6 is 23.2 Å². The normalized spacial score (nSPS) is 21.1. The minimum Gasteiger partial charge on any atom is -0.457 e. The molecule has 0 unspecified atom stereocenters. The number of fused-ring (bicyclic) bond motifs is 2. The number of imidazole rings is 1. The van der Waals surface area contributed by atoms with E-state index in [0.717, 1.165) is 28.2 Å². The van der Waals surface area contributed by atoms with E-state index in [9.17, 15) is 24.3 Å². The number of rotatable bonds is 12. The third kappa shape index (κ3) is 11.1. The van der Waals surface area contributed by atoms with Gasteiger partial charge < -0.3 is 39.7 Å². The first-order chi connectivity index (χ1) is 30.7. The first-order valence-corrected chi connectivity index (χ1v) is 22.3. The molecule has 0 radical (unpaired) electrons. The van der Waals surface area contributed by atoms with Crippen LogP contribution in [0.3, 0.4) is 0 Å². The molecule has 7 rings (SSSR count). The SMILES string of the molecule is C[C@H]1C(=O)N[C@@H](CO)C(=O)N[C@@]2(Cc3ccc(Cl)cc3)CCCN(C2)C(=O)[C@H](Cc2ccccc2)CC(=O)N1Cc1ccc(Cl)cc1Oc1ccc(-c2cnc(CN(C)C)n2C)cc1. The van der Waals surface area contributed by atoms with Gasteiger partial charge in [0, 0.05) is 47.7 Å². The monoisotopic (exact) mass is 907 g/mol. The molecule has 1 aromatic heterocycles. The van der Waals surface area contributed by atoms with Crippen LogP contribution < -0.4 is 15.4 Å². The number of aliphatic hydroxyl groups excluding tert-OH is 1. The van der Waals surface area contributed by atoms with Crippen molar-refractivity contribution in [1.82, 2.24) is 34.9 Å². The molecular weight excluding hydrogens is 853 g/mol. The zero-order chi connectivity index (χ0) is 45.5. The number of nitrogens with zero attached hydrogens (tertiary/aromatic N) is 5. The maximum atomic E-state index is 14.9. The number of carbonyl (C=O) groups is 4. The van der Waals surface area contributed by atoms with E-state index in [2.05, 4.69) is 25.1 Å². The summed E-state index contributed by atoms with van der Waals surface area (Å²) in [6.07, 6.45) is 3.41. The second kappa shape index (κ2) is 20.4. The molecule has 13 nitrogen and oxygen atoms in total. The van der Waals surface area contributed by atoms with Crippen molar-refractivity contribution in [2.75, 3.05) is 33.8 Å². The van der Waals surface area contributed by atoms with Gasteiger partial charge in [-0.3, -0.25) is 19.2 Å². The standard InChI is InChI=1S/C49H55Cl2N7O6/c1-32-46(61)53-41(30-59)47(62)54-49(26-34-11-16-38(50)17-12-34)21-8-22-57(31-49)48(63)37(23-33-9-6-5-7-10-33)24-45(60)58(32)28-36-13-18-39(51)25-43(36)64-40-19-14-35(15-20-40)42-27-52-44(56(42)4)29-55(2)3/h5-7,9-20,25,27,32,37,41,59H,8,21-24,26,28-31H2,1-4H3,(H,53,61)(H,54,62)/t32-,37+,41-,49+/m0/s1. The highest BCUT2D eigenvalue weighted by Crippen LogP contribution is 2.34. The van der Waals surface area contributed by atoms with Gasteiger partial charge in [0.2, 0.25) is 23.6 Å². The van der Waals surface area contributed by atoms with E-state index in [1.807, 2.05) is 94.1 Å². The quantitative estimate of drug-likeness (QED) is 0.130. The topological polar surface area (TPSA) is 149 Å². The summed E-state index contributed by atoms with van der Waals surface area (Å²) in [5.41, 5.74) is 3.29. The van der Waals surface area contributed by atoms with Gasteiger partial charge in [-0.25, -0.2) is 4.98 Å². The fraction of sp³-hybridized carbons (Fsp3) is 0.367. The molecule has 2 bridgehead atoms. The van der Waals surface area contributed by atoms with Crippen LogP contribution in [-0.2, 0) is 52.2 Å². The number of hydrogen-bond donors (Lipinski definition) is 3. The molecule has 64 heavy (non-hydrogen) atoms. The Hall–Kier alpha value is -5.73. The minimum absolute atomic E-state index is 0.0994. The summed E-state index contributed by atoms with van der Waals surface area (Å²) >= 11 is 12.7. The minimum atomic E-state index is -1.34. The van der Waals surface area contributed by atoms with Crippen molar-refractivity contribution in [2.45, 2.75) is 69.7 Å². The molecule has 3 heterocycles. The van der Waals surface area contributed by atoms with E-state index in [-0.39, 0.29) is 31.8 Å². The molecule has 2 aliphatic rings. The van der Waals surface area contributed by atoms with E-state index in [1.54, 1.807) is 42.2 Å². The van der Waals surface area contributed by atoms with E-state index < -0.39 is 47.9 Å². The molecule has 0 saturated carbocycles. The summed E-state index contributed by atoms with van der Waals surface area (Å²) in [6.45, 7) is 2.07. The van der Waals surface area contributed by atoms with Crippen LogP contribution in [-0.4, -0.2) is 104 Å². The van der Waals surface area contributed by atoms with Crippen LogP contribution in [0, 0.1) is 5.92 Å². The van der Waals surface area contributed by atoms with Gasteiger partial charge in [-0.2, -0.15) is 0 Å². The third-order valence-corrected chi connectivity index (χ3v) is 12.6. The van der Waals surface area contributed by atoms with Gasteiger partial charge in [0.15, 0.2) is 0 Å². The first-order valence-electron chi connectivity index (χ1n) is 21.5. The Morgan fingerprint density at radius 2 is 1.62 bits per heavy atom. The Morgan fingerprint density at radius 3 is 2.33 bits per heavy atom. The van der Waals surface area contributed by atoms with Crippen molar-refractivity contribution in [3.8, 4) is 22.8 Å². The molecule has 2 saturated heterocycles. The number of ether oxygens (including phenoxy) is 1. The maximum absolute atomic E-state index is 14.9. The molecule has 336 valence electrons. The van der Waals surface area contributed by atoms with Crippen molar-refractivity contribution in [3.63, 3.8) is 0 Å². The van der Waals surface area contributed by atoms with E-state index in [0.29, 0.717) is 59.5 Å². The van der Waals surface area contributed by atoms with Crippen molar-refractivity contribution in [2.24, 2.45) is 13.0 Å². The van der Waals surface area contributed by atoms with Crippen molar-refractivity contribution in [3.05, 3.63) is 136 Å². The first kappa shape index (κ1) is 46.3. The van der Waals surface area contributed by atoms with Gasteiger partial charge in [0.05, 0.1) is 43.0 Å². The fourth-order valence-electron chi connectivity index (χ4n) is 8.66. The van der Waals surface area contributed by atoms with Crippen LogP contribution in [0.1, 0.15) is 48.7 Å². The number of aliphatic hydroxyl groups is 1. The van der Waals surface area contributed by atoms with Crippen molar-refractivity contribution < 1.29 is 29.0 Å². The third-order valence-electron chi connectivity index (χ3n) is 12.1. The molecule has 3 N–H and O–H groups in total. The van der Waals surface area contributed by atoms with Crippen molar-refractivity contribution >= 4 is 46.8 Å². The summed E-state index contributed by atoms with van der Waals surface area (Å²) in [5.74, 6) is -0.905. The smallest absolute Gasteiger partial charge is 0.245 e. The van der Waals surface area contributed by atoms with Gasteiger partial charge in [-0.05, 0) is 106 Å². The van der Waals surface area contributed by atoms with Gasteiger partial charge in [0.25, 0.3) is 0 Å². The summed E-state index contributed by atoms with van der Waals surface area (Å²) in [5, 5.41) is 17.4. The van der Waals surface area contributed by atoms with Crippen LogP contribution in [0.15, 0.2) is 103 Å². The molecule has 4 aromatic carbocycles. The zero-order valence-electron chi connectivity index (χ0n) is 36.6. The second-order valence-corrected chi connectivity index (χ2v) is 18.1. The number of nitrogens with one attached hydrogen (secondary N) is 2. The lowest BCUT2D eigenvalue weighted by Gasteiger charge is -2.45. The molecule has 4 atom stereocenters.